The fourth-order valence-corrected chi connectivity index (χ4v) is 3.14. The molecule has 4 aromatic rings. The molecule has 3 aromatic carbocycles. The molecule has 0 radical (unpaired) electrons. The molecule has 26 heavy (non-hydrogen) atoms. The van der Waals surface area contributed by atoms with Crippen LogP contribution in [0.4, 0.5) is 0 Å². The van der Waals surface area contributed by atoms with Crippen LogP contribution in [0.2, 0.25) is 0 Å². The molecule has 0 unspecified atom stereocenters. The molecule has 0 saturated carbocycles. The number of nitrogens with zero attached hydrogens (tertiary/aromatic N) is 1. The molecular formula is C24H17NO. The summed E-state index contributed by atoms with van der Waals surface area (Å²) in [6, 6.07) is 31.4. The molecule has 0 aliphatic rings. The van der Waals surface area contributed by atoms with Crippen molar-refractivity contribution in [2.24, 2.45) is 0 Å². The number of carbonyl (C=O) groups excluding carboxylic acids is 1. The van der Waals surface area contributed by atoms with Gasteiger partial charge in [0.25, 0.3) is 0 Å². The molecule has 0 spiro atoms. The summed E-state index contributed by atoms with van der Waals surface area (Å²) in [5.41, 5.74) is 5.01. The summed E-state index contributed by atoms with van der Waals surface area (Å²) in [6.45, 7) is 0. The number of ketones is 1. The van der Waals surface area contributed by atoms with E-state index in [1.54, 1.807) is 12.3 Å². The summed E-state index contributed by atoms with van der Waals surface area (Å²) < 4.78 is 0. The van der Waals surface area contributed by atoms with Crippen molar-refractivity contribution in [3.8, 4) is 22.3 Å². The number of rotatable bonds is 4. The second kappa shape index (κ2) is 7.16. The lowest BCUT2D eigenvalue weighted by Gasteiger charge is -2.14. The molecule has 1 aromatic heterocycles. The van der Waals surface area contributed by atoms with E-state index in [1.807, 2.05) is 91.0 Å². The van der Waals surface area contributed by atoms with Crippen molar-refractivity contribution in [3.63, 3.8) is 0 Å². The van der Waals surface area contributed by atoms with Crippen molar-refractivity contribution < 1.29 is 4.79 Å². The molecule has 0 fully saturated rings. The van der Waals surface area contributed by atoms with E-state index >= 15 is 0 Å². The zero-order valence-corrected chi connectivity index (χ0v) is 14.2. The molecule has 124 valence electrons. The highest BCUT2D eigenvalue weighted by Crippen LogP contribution is 2.33. The van der Waals surface area contributed by atoms with E-state index in [2.05, 4.69) is 4.98 Å². The maximum absolute atomic E-state index is 13.4. The molecule has 0 aliphatic heterocycles. The van der Waals surface area contributed by atoms with Crippen LogP contribution < -0.4 is 0 Å². The van der Waals surface area contributed by atoms with Gasteiger partial charge in [-0.15, -0.1) is 0 Å². The Morgan fingerprint density at radius 1 is 0.577 bits per heavy atom. The van der Waals surface area contributed by atoms with Crippen molar-refractivity contribution in [2.75, 3.05) is 0 Å². The van der Waals surface area contributed by atoms with Crippen LogP contribution in [0.15, 0.2) is 103 Å². The van der Waals surface area contributed by atoms with Gasteiger partial charge in [-0.3, -0.25) is 9.78 Å². The number of hydrogen-bond donors (Lipinski definition) is 0. The van der Waals surface area contributed by atoms with Gasteiger partial charge in [-0.25, -0.2) is 0 Å². The second-order valence-electron chi connectivity index (χ2n) is 6.00. The molecule has 0 atom stereocenters. The Labute approximate surface area is 152 Å². The van der Waals surface area contributed by atoms with Crippen molar-refractivity contribution in [1.82, 2.24) is 4.98 Å². The van der Waals surface area contributed by atoms with E-state index in [0.29, 0.717) is 11.3 Å². The Morgan fingerprint density at radius 2 is 1.12 bits per heavy atom. The monoisotopic (exact) mass is 335 g/mol. The maximum Gasteiger partial charge on any atom is 0.212 e. The molecule has 2 nitrogen and oxygen atoms in total. The first-order valence-electron chi connectivity index (χ1n) is 8.54. The van der Waals surface area contributed by atoms with Gasteiger partial charge in [0.2, 0.25) is 5.78 Å². The van der Waals surface area contributed by atoms with Crippen LogP contribution in [-0.2, 0) is 0 Å². The van der Waals surface area contributed by atoms with Gasteiger partial charge in [-0.2, -0.15) is 0 Å². The molecule has 0 amide bonds. The van der Waals surface area contributed by atoms with Gasteiger partial charge >= 0.3 is 0 Å². The van der Waals surface area contributed by atoms with Crippen LogP contribution in [0.3, 0.4) is 0 Å². The lowest BCUT2D eigenvalue weighted by molar-refractivity contribution is 0.103. The predicted molar refractivity (Wildman–Crippen MR) is 105 cm³/mol. The lowest BCUT2D eigenvalue weighted by Crippen LogP contribution is -2.07. The fourth-order valence-electron chi connectivity index (χ4n) is 3.14. The van der Waals surface area contributed by atoms with Crippen molar-refractivity contribution >= 4 is 5.78 Å². The highest BCUT2D eigenvalue weighted by atomic mass is 16.1. The summed E-state index contributed by atoms with van der Waals surface area (Å²) >= 11 is 0. The minimum Gasteiger partial charge on any atom is -0.287 e. The van der Waals surface area contributed by atoms with Crippen molar-refractivity contribution in [2.45, 2.75) is 0 Å². The third-order valence-corrected chi connectivity index (χ3v) is 4.36. The average molecular weight is 335 g/mol. The highest BCUT2D eigenvalue weighted by molar-refractivity contribution is 6.15. The average Bonchev–Trinajstić information content (AvgIpc) is 2.74. The summed E-state index contributed by atoms with van der Waals surface area (Å²) in [5.74, 6) is -0.0658. The highest BCUT2D eigenvalue weighted by Gasteiger charge is 2.20. The quantitative estimate of drug-likeness (QED) is 0.451. The first-order valence-corrected chi connectivity index (χ1v) is 8.54. The number of benzene rings is 3. The number of carbonyl (C=O) groups is 1. The maximum atomic E-state index is 13.4. The van der Waals surface area contributed by atoms with Gasteiger partial charge in [0.05, 0.1) is 0 Å². The van der Waals surface area contributed by atoms with E-state index < -0.39 is 0 Å². The number of aromatic nitrogens is 1. The Balaban J connectivity index is 1.98. The summed E-state index contributed by atoms with van der Waals surface area (Å²) in [6.07, 6.45) is 1.65. The second-order valence-corrected chi connectivity index (χ2v) is 6.00. The van der Waals surface area contributed by atoms with E-state index in [1.165, 1.54) is 0 Å². The van der Waals surface area contributed by atoms with Gasteiger partial charge in [0, 0.05) is 11.8 Å². The van der Waals surface area contributed by atoms with Gasteiger partial charge in [0.15, 0.2) is 0 Å². The van der Waals surface area contributed by atoms with E-state index in [9.17, 15) is 4.79 Å². The van der Waals surface area contributed by atoms with E-state index in [-0.39, 0.29) is 5.78 Å². The standard InChI is InChI=1S/C24H17NO/c26-24(22-16-7-8-17-25-22)23-20(18-10-3-1-4-11-18)14-9-15-21(23)19-12-5-2-6-13-19/h1-17H. The SMILES string of the molecule is O=C(c1ccccn1)c1c(-c2ccccc2)cccc1-c1ccccc1. The van der Waals surface area contributed by atoms with Gasteiger partial charge in [-0.05, 0) is 34.4 Å². The largest absolute Gasteiger partial charge is 0.287 e. The smallest absolute Gasteiger partial charge is 0.212 e. The predicted octanol–water partition coefficient (Wildman–Crippen LogP) is 5.65. The van der Waals surface area contributed by atoms with E-state index in [0.717, 1.165) is 22.3 Å². The van der Waals surface area contributed by atoms with Crippen molar-refractivity contribution in [3.05, 3.63) is 115 Å². The molecule has 1 heterocycles. The summed E-state index contributed by atoms with van der Waals surface area (Å²) in [7, 11) is 0. The third kappa shape index (κ3) is 3.05. The Bertz CT molecular complexity index is 968. The first kappa shape index (κ1) is 16.0. The molecule has 4 rings (SSSR count). The first-order chi connectivity index (χ1) is 12.8. The van der Waals surface area contributed by atoms with Gasteiger partial charge in [0.1, 0.15) is 5.69 Å². The van der Waals surface area contributed by atoms with Crippen LogP contribution in [0.1, 0.15) is 16.1 Å². The van der Waals surface area contributed by atoms with Crippen LogP contribution in [0.5, 0.6) is 0 Å². The van der Waals surface area contributed by atoms with Gasteiger partial charge in [-0.1, -0.05) is 84.9 Å². The van der Waals surface area contributed by atoms with Crippen LogP contribution in [0.25, 0.3) is 22.3 Å². The third-order valence-electron chi connectivity index (χ3n) is 4.36. The minimum absolute atomic E-state index is 0.0658. The minimum atomic E-state index is -0.0658. The topological polar surface area (TPSA) is 30.0 Å². The van der Waals surface area contributed by atoms with Crippen molar-refractivity contribution in [1.29, 1.82) is 0 Å². The molecule has 0 aliphatic carbocycles. The zero-order valence-electron chi connectivity index (χ0n) is 14.2. The molecule has 0 saturated heterocycles. The number of pyridine rings is 1. The van der Waals surface area contributed by atoms with Gasteiger partial charge < -0.3 is 0 Å². The molecule has 0 bridgehead atoms. The molecule has 2 heteroatoms. The summed E-state index contributed by atoms with van der Waals surface area (Å²) in [5, 5.41) is 0. The normalized spacial score (nSPS) is 10.5. The summed E-state index contributed by atoms with van der Waals surface area (Å²) in [4.78, 5) is 17.6. The zero-order chi connectivity index (χ0) is 17.8. The molecular weight excluding hydrogens is 318 g/mol. The lowest BCUT2D eigenvalue weighted by atomic mass is 9.88. The molecule has 0 N–H and O–H groups in total. The Hall–Kier alpha value is -3.52. The van der Waals surface area contributed by atoms with E-state index in [4.69, 9.17) is 0 Å². The Kier molecular flexibility index (Phi) is 4.40. The van der Waals surface area contributed by atoms with Crippen LogP contribution in [-0.4, -0.2) is 10.8 Å². The number of hydrogen-bond acceptors (Lipinski definition) is 2. The van der Waals surface area contributed by atoms with Crippen LogP contribution in [0, 0.1) is 0 Å². The van der Waals surface area contributed by atoms with Crippen LogP contribution >= 0.6 is 0 Å². The Morgan fingerprint density at radius 3 is 1.62 bits per heavy atom. The fraction of sp³-hybridized carbons (Fsp3) is 0.